The second kappa shape index (κ2) is 12.6. The molecular formula is C29H21F9N2O4. The van der Waals surface area contributed by atoms with Crippen LogP contribution in [0.25, 0.3) is 11.1 Å². The van der Waals surface area contributed by atoms with Gasteiger partial charge in [-0.25, -0.2) is 22.9 Å². The van der Waals surface area contributed by atoms with Crippen LogP contribution in [0.1, 0.15) is 58.8 Å². The van der Waals surface area contributed by atoms with Crippen molar-refractivity contribution < 1.29 is 58.6 Å². The number of allylic oxidation sites excluding steroid dienone is 2. The first-order valence-corrected chi connectivity index (χ1v) is 12.8. The summed E-state index contributed by atoms with van der Waals surface area (Å²) >= 11 is 0. The molecule has 6 nitrogen and oxygen atoms in total. The number of nitrogens with one attached hydrogen (secondary N) is 1. The largest absolute Gasteiger partial charge is 0.472 e. The predicted octanol–water partition coefficient (Wildman–Crippen LogP) is 7.87. The lowest BCUT2D eigenvalue weighted by Crippen LogP contribution is -2.30. The number of amides is 1. The van der Waals surface area contributed by atoms with Crippen molar-refractivity contribution in [3.63, 3.8) is 0 Å². The Bertz CT molecular complexity index is 1630. The zero-order chi connectivity index (χ0) is 32.4. The Morgan fingerprint density at radius 2 is 1.57 bits per heavy atom. The molecule has 0 radical (unpaired) electrons. The smallest absolute Gasteiger partial charge is 0.471 e. The van der Waals surface area contributed by atoms with E-state index in [1.807, 2.05) is 0 Å². The fourth-order valence-corrected chi connectivity index (χ4v) is 4.53. The van der Waals surface area contributed by atoms with Gasteiger partial charge in [0.05, 0.1) is 17.7 Å². The van der Waals surface area contributed by atoms with Gasteiger partial charge in [-0.05, 0) is 73.2 Å². The van der Waals surface area contributed by atoms with Gasteiger partial charge in [-0.2, -0.15) is 26.3 Å². The average Bonchev–Trinajstić information content (AvgIpc) is 3.43. The molecule has 234 valence electrons. The third kappa shape index (κ3) is 7.32. The minimum atomic E-state index is -5.26. The molecule has 0 spiro atoms. The van der Waals surface area contributed by atoms with E-state index >= 15 is 0 Å². The molecule has 15 heteroatoms. The number of nitrogens with zero attached hydrogens (tertiary/aromatic N) is 1. The van der Waals surface area contributed by atoms with E-state index in [2.05, 4.69) is 4.98 Å². The maximum atomic E-state index is 14.2. The van der Waals surface area contributed by atoms with Crippen LogP contribution in [0.5, 0.6) is 5.88 Å². The molecule has 44 heavy (non-hydrogen) atoms. The number of rotatable bonds is 8. The summed E-state index contributed by atoms with van der Waals surface area (Å²) < 4.78 is 131. The fraction of sp³-hybridized carbons (Fsp3) is 0.276. The molecule has 4 rings (SSSR count). The highest BCUT2D eigenvalue weighted by atomic mass is 19.4. The Balaban J connectivity index is 1.84. The summed E-state index contributed by atoms with van der Waals surface area (Å²) in [6.07, 6.45) is -9.00. The second-order valence-electron chi connectivity index (χ2n) is 9.50. The number of esters is 1. The maximum absolute atomic E-state index is 14.2. The normalized spacial score (nSPS) is 13.7. The van der Waals surface area contributed by atoms with Crippen LogP contribution < -0.4 is 10.1 Å². The van der Waals surface area contributed by atoms with Crippen molar-refractivity contribution in [3.05, 3.63) is 87.9 Å². The van der Waals surface area contributed by atoms with E-state index in [9.17, 15) is 49.1 Å². The zero-order valence-electron chi connectivity index (χ0n) is 22.6. The van der Waals surface area contributed by atoms with E-state index in [0.717, 1.165) is 12.1 Å². The number of ether oxygens (including phenoxy) is 2. The third-order valence-corrected chi connectivity index (χ3v) is 6.48. The molecule has 0 atom stereocenters. The molecular weight excluding hydrogens is 611 g/mol. The van der Waals surface area contributed by atoms with E-state index in [4.69, 9.17) is 9.47 Å². The van der Waals surface area contributed by atoms with Crippen LogP contribution in [0.15, 0.2) is 42.6 Å². The number of anilines is 1. The van der Waals surface area contributed by atoms with E-state index in [1.165, 1.54) is 13.0 Å². The molecule has 1 aromatic heterocycles. The van der Waals surface area contributed by atoms with Crippen molar-refractivity contribution in [1.82, 2.24) is 4.98 Å². The van der Waals surface area contributed by atoms with Crippen molar-refractivity contribution in [3.8, 4) is 5.88 Å². The Kier molecular flexibility index (Phi) is 9.25. The summed E-state index contributed by atoms with van der Waals surface area (Å²) in [7, 11) is 0. The topological polar surface area (TPSA) is 77.5 Å². The quantitative estimate of drug-likeness (QED) is 0.155. The van der Waals surface area contributed by atoms with Gasteiger partial charge in [0.2, 0.25) is 5.88 Å². The third-order valence-electron chi connectivity index (χ3n) is 6.48. The number of carbonyl (C=O) groups excluding carboxylic acids is 2. The number of benzene rings is 2. The molecule has 0 unspecified atom stereocenters. The number of pyridine rings is 1. The summed E-state index contributed by atoms with van der Waals surface area (Å²) in [6.45, 7) is 0.652. The average molecular weight is 632 g/mol. The second-order valence-corrected chi connectivity index (χ2v) is 9.50. The summed E-state index contributed by atoms with van der Waals surface area (Å²) in [5.74, 6) is -7.72. The van der Waals surface area contributed by atoms with Crippen molar-refractivity contribution in [2.24, 2.45) is 0 Å². The SMILES string of the molecule is CCOC(=O)c1cc(NC(=O)C(F)(F)F)cc(C2=C(c3cc(C(F)(F)F)cnc3OCc3cc(F)c(F)cc3F)CCC2)c1. The lowest BCUT2D eigenvalue weighted by Gasteiger charge is -2.17. The Labute approximate surface area is 243 Å². The molecule has 3 aromatic rings. The van der Waals surface area contributed by atoms with Crippen LogP contribution in [0.2, 0.25) is 0 Å². The highest BCUT2D eigenvalue weighted by molar-refractivity contribution is 6.00. The summed E-state index contributed by atoms with van der Waals surface area (Å²) in [6, 6.07) is 4.83. The monoisotopic (exact) mass is 632 g/mol. The summed E-state index contributed by atoms with van der Waals surface area (Å²) in [5.41, 5.74) is -1.93. The van der Waals surface area contributed by atoms with Crippen molar-refractivity contribution in [1.29, 1.82) is 0 Å². The Morgan fingerprint density at radius 1 is 0.886 bits per heavy atom. The van der Waals surface area contributed by atoms with Crippen LogP contribution in [-0.2, 0) is 22.3 Å². The first-order valence-electron chi connectivity index (χ1n) is 12.8. The number of carbonyl (C=O) groups is 2. The Hall–Kier alpha value is -4.56. The van der Waals surface area contributed by atoms with E-state index < -0.39 is 71.0 Å². The van der Waals surface area contributed by atoms with Gasteiger partial charge in [-0.3, -0.25) is 4.79 Å². The maximum Gasteiger partial charge on any atom is 0.471 e. The minimum Gasteiger partial charge on any atom is -0.472 e. The lowest BCUT2D eigenvalue weighted by atomic mass is 9.95. The van der Waals surface area contributed by atoms with Gasteiger partial charge in [0.1, 0.15) is 12.4 Å². The molecule has 2 aromatic carbocycles. The van der Waals surface area contributed by atoms with Crippen LogP contribution in [0, 0.1) is 17.5 Å². The van der Waals surface area contributed by atoms with E-state index in [1.54, 1.807) is 5.32 Å². The number of hydrogen-bond acceptors (Lipinski definition) is 5. The van der Waals surface area contributed by atoms with Gasteiger partial charge in [0.15, 0.2) is 11.6 Å². The molecule has 0 fully saturated rings. The fourth-order valence-electron chi connectivity index (χ4n) is 4.53. The van der Waals surface area contributed by atoms with Crippen molar-refractivity contribution in [2.75, 3.05) is 11.9 Å². The van der Waals surface area contributed by atoms with Gasteiger partial charge >= 0.3 is 24.2 Å². The highest BCUT2D eigenvalue weighted by Gasteiger charge is 2.39. The molecule has 0 saturated carbocycles. The van der Waals surface area contributed by atoms with E-state index in [0.29, 0.717) is 30.3 Å². The lowest BCUT2D eigenvalue weighted by molar-refractivity contribution is -0.167. The molecule has 1 aliphatic carbocycles. The molecule has 1 heterocycles. The van der Waals surface area contributed by atoms with Gasteiger partial charge in [0.25, 0.3) is 0 Å². The number of aromatic nitrogens is 1. The number of halogens is 9. The Morgan fingerprint density at radius 3 is 2.23 bits per heavy atom. The summed E-state index contributed by atoms with van der Waals surface area (Å²) in [5, 5.41) is 1.66. The van der Waals surface area contributed by atoms with Gasteiger partial charge < -0.3 is 14.8 Å². The molecule has 0 saturated heterocycles. The van der Waals surface area contributed by atoms with Gasteiger partial charge in [-0.1, -0.05) is 0 Å². The molecule has 0 aliphatic heterocycles. The molecule has 1 amide bonds. The first kappa shape index (κ1) is 32.4. The van der Waals surface area contributed by atoms with Crippen LogP contribution in [-0.4, -0.2) is 29.6 Å². The zero-order valence-corrected chi connectivity index (χ0v) is 22.6. The van der Waals surface area contributed by atoms with Crippen molar-refractivity contribution in [2.45, 2.75) is 45.1 Å². The molecule has 1 aliphatic rings. The first-order chi connectivity index (χ1) is 20.6. The summed E-state index contributed by atoms with van der Waals surface area (Å²) in [4.78, 5) is 27.8. The standard InChI is InChI=1S/C29H21F9N2O4/c1-2-43-26(41)15-6-14(7-18(8-15)40-27(42)29(36,37)38)19-4-3-5-20(19)21-10-17(28(33,34)35)12-39-25(21)44-13-16-9-23(31)24(32)11-22(16)30/h6-12H,2-5,13H2,1H3,(H,40,42). The van der Waals surface area contributed by atoms with Gasteiger partial charge in [0, 0.05) is 29.1 Å². The van der Waals surface area contributed by atoms with E-state index in [-0.39, 0.29) is 47.8 Å². The molecule has 1 N–H and O–H groups in total. The van der Waals surface area contributed by atoms with Crippen LogP contribution in [0.3, 0.4) is 0 Å². The highest BCUT2D eigenvalue weighted by Crippen LogP contribution is 2.44. The number of hydrogen-bond donors (Lipinski definition) is 1. The number of alkyl halides is 6. The van der Waals surface area contributed by atoms with Crippen LogP contribution in [0.4, 0.5) is 45.2 Å². The van der Waals surface area contributed by atoms with Gasteiger partial charge in [-0.15, -0.1) is 0 Å². The minimum absolute atomic E-state index is 0.0869. The predicted molar refractivity (Wildman–Crippen MR) is 138 cm³/mol. The van der Waals surface area contributed by atoms with Crippen molar-refractivity contribution >= 4 is 28.7 Å². The molecule has 0 bridgehead atoms. The van der Waals surface area contributed by atoms with Crippen LogP contribution >= 0.6 is 0 Å².